The molecule has 2 N–H and O–H groups in total. The van der Waals surface area contributed by atoms with E-state index in [9.17, 15) is 0 Å². The summed E-state index contributed by atoms with van der Waals surface area (Å²) in [4.78, 5) is 12.9. The van der Waals surface area contributed by atoms with Gasteiger partial charge < -0.3 is 15.5 Å². The Morgan fingerprint density at radius 2 is 2.16 bits per heavy atom. The summed E-state index contributed by atoms with van der Waals surface area (Å²) >= 11 is 1.65. The van der Waals surface area contributed by atoms with E-state index in [1.165, 1.54) is 38.9 Å². The Bertz CT molecular complexity index is 630. The lowest BCUT2D eigenvalue weighted by Gasteiger charge is -2.32. The number of nitrogens with zero attached hydrogens (tertiary/aromatic N) is 4. The Hall–Kier alpha value is -0.870. The lowest BCUT2D eigenvalue weighted by molar-refractivity contribution is 0.206. The van der Waals surface area contributed by atoms with Crippen LogP contribution in [0.2, 0.25) is 0 Å². The van der Waals surface area contributed by atoms with Gasteiger partial charge in [-0.25, -0.2) is 9.98 Å². The van der Waals surface area contributed by atoms with Gasteiger partial charge in [-0.2, -0.15) is 0 Å². The van der Waals surface area contributed by atoms with Crippen LogP contribution in [-0.2, 0) is 6.54 Å². The van der Waals surface area contributed by atoms with Gasteiger partial charge in [-0.15, -0.1) is 35.3 Å². The molecule has 25 heavy (non-hydrogen) atoms. The van der Waals surface area contributed by atoms with Crippen molar-refractivity contribution in [1.82, 2.24) is 24.9 Å². The zero-order valence-corrected chi connectivity index (χ0v) is 18.2. The number of thiazole rings is 1. The number of likely N-dealkylation sites (tertiary alicyclic amines) is 1. The van der Waals surface area contributed by atoms with Crippen LogP contribution in [0, 0.1) is 0 Å². The van der Waals surface area contributed by atoms with Gasteiger partial charge in [0.2, 0.25) is 0 Å². The first kappa shape index (κ1) is 20.4. The Balaban J connectivity index is 0.00000225. The Morgan fingerprint density at radius 1 is 1.36 bits per heavy atom. The van der Waals surface area contributed by atoms with Crippen LogP contribution in [0.4, 0.5) is 0 Å². The number of fused-ring (bicyclic) bond motifs is 1. The van der Waals surface area contributed by atoms with Crippen LogP contribution < -0.4 is 10.6 Å². The maximum atomic E-state index is 4.72. The second-order valence-electron chi connectivity index (χ2n) is 6.28. The fourth-order valence-electron chi connectivity index (χ4n) is 3.14. The van der Waals surface area contributed by atoms with Crippen molar-refractivity contribution in [2.45, 2.75) is 45.7 Å². The van der Waals surface area contributed by atoms with E-state index in [4.69, 9.17) is 4.99 Å². The summed E-state index contributed by atoms with van der Waals surface area (Å²) in [6, 6.07) is 0.515. The lowest BCUT2D eigenvalue weighted by atomic mass is 10.1. The molecule has 1 aliphatic heterocycles. The molecule has 0 bridgehead atoms. The molecule has 0 saturated carbocycles. The number of aromatic nitrogens is 2. The molecule has 0 aromatic carbocycles. The lowest BCUT2D eigenvalue weighted by Crippen LogP contribution is -2.48. The molecule has 0 amide bonds. The van der Waals surface area contributed by atoms with Crippen molar-refractivity contribution in [3.63, 3.8) is 0 Å². The molecule has 3 rings (SSSR count). The standard InChI is InChI=1S/C17H28N6S.HI/c1-3-7-22-8-5-14(6-9-22)20-16(18-4-2)19-12-15-13-23-10-11-24-17(23)21-15;/h10-11,13-14H,3-9,12H2,1-2H3,(H2,18,19,20);1H. The summed E-state index contributed by atoms with van der Waals surface area (Å²) in [5, 5.41) is 9.00. The number of hydrogen-bond donors (Lipinski definition) is 2. The molecule has 140 valence electrons. The highest BCUT2D eigenvalue weighted by Crippen LogP contribution is 2.12. The summed E-state index contributed by atoms with van der Waals surface area (Å²) in [6.07, 6.45) is 7.70. The van der Waals surface area contributed by atoms with Gasteiger partial charge >= 0.3 is 0 Å². The SMILES string of the molecule is CCCN1CCC(NC(=NCc2cn3ccsc3n2)NCC)CC1.I. The Kier molecular flexibility index (Phi) is 8.44. The number of rotatable bonds is 6. The summed E-state index contributed by atoms with van der Waals surface area (Å²) in [7, 11) is 0. The Labute approximate surface area is 171 Å². The molecule has 1 aliphatic rings. The van der Waals surface area contributed by atoms with Gasteiger partial charge in [0, 0.05) is 43.4 Å². The van der Waals surface area contributed by atoms with Crippen LogP contribution in [0.15, 0.2) is 22.8 Å². The molecule has 0 unspecified atom stereocenters. The zero-order valence-electron chi connectivity index (χ0n) is 15.1. The van der Waals surface area contributed by atoms with Gasteiger partial charge in [0.25, 0.3) is 0 Å². The van der Waals surface area contributed by atoms with Crippen LogP contribution >= 0.6 is 35.3 Å². The van der Waals surface area contributed by atoms with E-state index in [2.05, 4.69) is 45.0 Å². The highest BCUT2D eigenvalue weighted by Gasteiger charge is 2.19. The molecule has 8 heteroatoms. The van der Waals surface area contributed by atoms with Crippen molar-refractivity contribution in [1.29, 1.82) is 0 Å². The third kappa shape index (κ3) is 5.82. The predicted molar refractivity (Wildman–Crippen MR) is 116 cm³/mol. The number of guanidine groups is 1. The van der Waals surface area contributed by atoms with Gasteiger partial charge in [0.1, 0.15) is 0 Å². The van der Waals surface area contributed by atoms with E-state index in [1.54, 1.807) is 11.3 Å². The molecule has 2 aromatic heterocycles. The Morgan fingerprint density at radius 3 is 2.84 bits per heavy atom. The van der Waals surface area contributed by atoms with Crippen molar-refractivity contribution in [3.8, 4) is 0 Å². The maximum absolute atomic E-state index is 4.72. The summed E-state index contributed by atoms with van der Waals surface area (Å²) in [5.41, 5.74) is 1.01. The topological polar surface area (TPSA) is 57.0 Å². The first-order chi connectivity index (χ1) is 11.8. The molecule has 2 aromatic rings. The van der Waals surface area contributed by atoms with Crippen molar-refractivity contribution in [2.75, 3.05) is 26.2 Å². The number of piperidine rings is 1. The van der Waals surface area contributed by atoms with E-state index in [-0.39, 0.29) is 24.0 Å². The van der Waals surface area contributed by atoms with Crippen LogP contribution in [0.1, 0.15) is 38.8 Å². The molecule has 0 radical (unpaired) electrons. The van der Waals surface area contributed by atoms with Gasteiger partial charge in [-0.1, -0.05) is 6.92 Å². The molecular weight excluding hydrogens is 447 g/mol. The van der Waals surface area contributed by atoms with Crippen LogP contribution in [0.25, 0.3) is 4.96 Å². The van der Waals surface area contributed by atoms with Gasteiger partial charge in [-0.05, 0) is 32.7 Å². The van der Waals surface area contributed by atoms with Crippen LogP contribution in [-0.4, -0.2) is 52.5 Å². The van der Waals surface area contributed by atoms with E-state index in [1.807, 2.05) is 11.6 Å². The maximum Gasteiger partial charge on any atom is 0.193 e. The fourth-order valence-corrected chi connectivity index (χ4v) is 3.86. The molecular formula is C17H29IN6S. The minimum atomic E-state index is 0. The predicted octanol–water partition coefficient (Wildman–Crippen LogP) is 2.94. The number of hydrogen-bond acceptors (Lipinski definition) is 4. The van der Waals surface area contributed by atoms with Gasteiger partial charge in [-0.3, -0.25) is 4.40 Å². The number of halogens is 1. The normalized spacial score (nSPS) is 16.8. The monoisotopic (exact) mass is 476 g/mol. The van der Waals surface area contributed by atoms with Crippen molar-refractivity contribution in [3.05, 3.63) is 23.5 Å². The minimum absolute atomic E-state index is 0. The molecule has 1 saturated heterocycles. The third-order valence-corrected chi connectivity index (χ3v) is 5.13. The zero-order chi connectivity index (χ0) is 16.8. The summed E-state index contributed by atoms with van der Waals surface area (Å²) in [6.45, 7) is 9.42. The molecule has 0 aliphatic carbocycles. The van der Waals surface area contributed by atoms with E-state index in [0.717, 1.165) is 23.2 Å². The summed E-state index contributed by atoms with van der Waals surface area (Å²) in [5.74, 6) is 0.905. The van der Waals surface area contributed by atoms with Gasteiger partial charge in [0.15, 0.2) is 10.9 Å². The first-order valence-electron chi connectivity index (χ1n) is 8.96. The molecule has 3 heterocycles. The largest absolute Gasteiger partial charge is 0.357 e. The number of imidazole rings is 1. The molecule has 0 atom stereocenters. The average molecular weight is 476 g/mol. The number of nitrogens with one attached hydrogen (secondary N) is 2. The highest BCUT2D eigenvalue weighted by atomic mass is 127. The molecule has 1 fully saturated rings. The van der Waals surface area contributed by atoms with Crippen molar-refractivity contribution in [2.24, 2.45) is 4.99 Å². The van der Waals surface area contributed by atoms with E-state index >= 15 is 0 Å². The second-order valence-corrected chi connectivity index (χ2v) is 7.15. The third-order valence-electron chi connectivity index (χ3n) is 4.35. The molecule has 0 spiro atoms. The quantitative estimate of drug-likeness (QED) is 0.383. The smallest absolute Gasteiger partial charge is 0.193 e. The first-order valence-corrected chi connectivity index (χ1v) is 9.84. The van der Waals surface area contributed by atoms with Crippen LogP contribution in [0.5, 0.6) is 0 Å². The fraction of sp³-hybridized carbons (Fsp3) is 0.647. The van der Waals surface area contributed by atoms with Gasteiger partial charge in [0.05, 0.1) is 12.2 Å². The average Bonchev–Trinajstić information content (AvgIpc) is 3.16. The highest BCUT2D eigenvalue weighted by molar-refractivity contribution is 14.0. The minimum Gasteiger partial charge on any atom is -0.357 e. The van der Waals surface area contributed by atoms with E-state index < -0.39 is 0 Å². The summed E-state index contributed by atoms with van der Waals surface area (Å²) < 4.78 is 2.05. The molecule has 6 nitrogen and oxygen atoms in total. The van der Waals surface area contributed by atoms with Crippen molar-refractivity contribution < 1.29 is 0 Å². The van der Waals surface area contributed by atoms with Crippen molar-refractivity contribution >= 4 is 46.2 Å². The van der Waals surface area contributed by atoms with E-state index in [0.29, 0.717) is 12.6 Å². The second kappa shape index (κ2) is 10.3. The van der Waals surface area contributed by atoms with Crippen LogP contribution in [0.3, 0.4) is 0 Å². The number of aliphatic imine (C=N–C) groups is 1.